The highest BCUT2D eigenvalue weighted by molar-refractivity contribution is 5.84. The maximum Gasteiger partial charge on any atom is 0.242 e. The van der Waals surface area contributed by atoms with Crippen molar-refractivity contribution in [3.63, 3.8) is 0 Å². The van der Waals surface area contributed by atoms with Crippen LogP contribution in [-0.2, 0) is 9.59 Å². The van der Waals surface area contributed by atoms with Gasteiger partial charge in [-0.1, -0.05) is 13.3 Å². The SMILES string of the molecule is CCCC(NC=O)C(=O)NC(C)(C)C. The molecule has 1 unspecified atom stereocenters. The predicted octanol–water partition coefficient (Wildman–Crippen LogP) is 0.816. The third kappa shape index (κ3) is 5.56. The highest BCUT2D eigenvalue weighted by Gasteiger charge is 2.21. The third-order valence-corrected chi connectivity index (χ3v) is 1.66. The lowest BCUT2D eigenvalue weighted by atomic mass is 10.1. The molecule has 0 saturated heterocycles. The van der Waals surface area contributed by atoms with Crippen LogP contribution in [0.15, 0.2) is 0 Å². The minimum absolute atomic E-state index is 0.119. The Morgan fingerprint density at radius 2 is 2.00 bits per heavy atom. The molecular weight excluding hydrogens is 180 g/mol. The number of rotatable bonds is 5. The van der Waals surface area contributed by atoms with E-state index in [1.165, 1.54) is 0 Å². The van der Waals surface area contributed by atoms with Crippen LogP contribution < -0.4 is 10.6 Å². The highest BCUT2D eigenvalue weighted by Crippen LogP contribution is 2.02. The molecule has 0 fully saturated rings. The molecule has 0 spiro atoms. The van der Waals surface area contributed by atoms with E-state index in [1.807, 2.05) is 27.7 Å². The Balaban J connectivity index is 4.21. The topological polar surface area (TPSA) is 58.2 Å². The molecule has 0 aromatic heterocycles. The van der Waals surface area contributed by atoms with Gasteiger partial charge in [0.1, 0.15) is 6.04 Å². The first-order valence-electron chi connectivity index (χ1n) is 4.92. The van der Waals surface area contributed by atoms with Gasteiger partial charge in [0.2, 0.25) is 12.3 Å². The minimum Gasteiger partial charge on any atom is -0.350 e. The molecule has 14 heavy (non-hydrogen) atoms. The first-order valence-corrected chi connectivity index (χ1v) is 4.92. The van der Waals surface area contributed by atoms with Gasteiger partial charge in [-0.05, 0) is 27.2 Å². The lowest BCUT2D eigenvalue weighted by Gasteiger charge is -2.24. The number of carbonyl (C=O) groups is 2. The number of nitrogens with one attached hydrogen (secondary N) is 2. The van der Waals surface area contributed by atoms with E-state index >= 15 is 0 Å². The molecule has 0 aliphatic carbocycles. The van der Waals surface area contributed by atoms with E-state index in [-0.39, 0.29) is 11.4 Å². The van der Waals surface area contributed by atoms with Gasteiger partial charge >= 0.3 is 0 Å². The molecule has 4 heteroatoms. The maximum atomic E-state index is 11.6. The van der Waals surface area contributed by atoms with Crippen LogP contribution in [0.4, 0.5) is 0 Å². The van der Waals surface area contributed by atoms with Gasteiger partial charge in [-0.2, -0.15) is 0 Å². The average Bonchev–Trinajstić information content (AvgIpc) is 2.01. The van der Waals surface area contributed by atoms with Crippen molar-refractivity contribution in [1.82, 2.24) is 10.6 Å². The van der Waals surface area contributed by atoms with Crippen LogP contribution in [-0.4, -0.2) is 23.9 Å². The first kappa shape index (κ1) is 12.9. The van der Waals surface area contributed by atoms with E-state index in [9.17, 15) is 9.59 Å². The molecule has 0 aliphatic heterocycles. The molecular formula is C10H20N2O2. The van der Waals surface area contributed by atoms with Gasteiger partial charge in [0.05, 0.1) is 0 Å². The number of hydrogen-bond acceptors (Lipinski definition) is 2. The third-order valence-electron chi connectivity index (χ3n) is 1.66. The van der Waals surface area contributed by atoms with Gasteiger partial charge in [-0.3, -0.25) is 9.59 Å². The summed E-state index contributed by atoms with van der Waals surface area (Å²) in [4.78, 5) is 21.9. The van der Waals surface area contributed by atoms with E-state index in [0.29, 0.717) is 12.8 Å². The summed E-state index contributed by atoms with van der Waals surface area (Å²) in [5.41, 5.74) is -0.256. The summed E-state index contributed by atoms with van der Waals surface area (Å²) < 4.78 is 0. The smallest absolute Gasteiger partial charge is 0.242 e. The van der Waals surface area contributed by atoms with Crippen LogP contribution in [0.5, 0.6) is 0 Å². The molecule has 0 saturated carbocycles. The number of carbonyl (C=O) groups excluding carboxylic acids is 2. The fraction of sp³-hybridized carbons (Fsp3) is 0.800. The van der Waals surface area contributed by atoms with Crippen molar-refractivity contribution in [3.05, 3.63) is 0 Å². The second-order valence-corrected chi connectivity index (χ2v) is 4.37. The molecule has 0 bridgehead atoms. The summed E-state index contributed by atoms with van der Waals surface area (Å²) in [6, 6.07) is -0.406. The van der Waals surface area contributed by atoms with E-state index in [0.717, 1.165) is 6.42 Å². The fourth-order valence-electron chi connectivity index (χ4n) is 1.12. The van der Waals surface area contributed by atoms with Crippen molar-refractivity contribution >= 4 is 12.3 Å². The molecule has 1 atom stereocenters. The Morgan fingerprint density at radius 3 is 2.36 bits per heavy atom. The van der Waals surface area contributed by atoms with E-state index in [1.54, 1.807) is 0 Å². The van der Waals surface area contributed by atoms with Gasteiger partial charge in [0.15, 0.2) is 0 Å². The van der Waals surface area contributed by atoms with Gasteiger partial charge < -0.3 is 10.6 Å². The molecule has 0 aromatic rings. The molecule has 0 radical (unpaired) electrons. The van der Waals surface area contributed by atoms with Gasteiger partial charge in [0, 0.05) is 5.54 Å². The quantitative estimate of drug-likeness (QED) is 0.645. The minimum atomic E-state index is -0.406. The van der Waals surface area contributed by atoms with Crippen LogP contribution in [0.2, 0.25) is 0 Å². The second kappa shape index (κ2) is 5.62. The van der Waals surface area contributed by atoms with Crippen LogP contribution in [0.3, 0.4) is 0 Å². The summed E-state index contributed by atoms with van der Waals surface area (Å²) in [5.74, 6) is -0.119. The largest absolute Gasteiger partial charge is 0.350 e. The lowest BCUT2D eigenvalue weighted by molar-refractivity contribution is -0.126. The number of amides is 2. The van der Waals surface area contributed by atoms with E-state index < -0.39 is 6.04 Å². The fourth-order valence-corrected chi connectivity index (χ4v) is 1.12. The van der Waals surface area contributed by atoms with Crippen LogP contribution in [0.25, 0.3) is 0 Å². The van der Waals surface area contributed by atoms with Crippen molar-refractivity contribution in [3.8, 4) is 0 Å². The standard InChI is InChI=1S/C10H20N2O2/c1-5-6-8(11-7-13)9(14)12-10(2,3)4/h7-8H,5-6H2,1-4H3,(H,11,13)(H,12,14). The van der Waals surface area contributed by atoms with Gasteiger partial charge in [-0.25, -0.2) is 0 Å². The van der Waals surface area contributed by atoms with Crippen LogP contribution >= 0.6 is 0 Å². The van der Waals surface area contributed by atoms with Crippen molar-refractivity contribution in [2.75, 3.05) is 0 Å². The molecule has 82 valence electrons. The van der Waals surface area contributed by atoms with Crippen molar-refractivity contribution in [2.24, 2.45) is 0 Å². The van der Waals surface area contributed by atoms with E-state index in [2.05, 4.69) is 10.6 Å². The monoisotopic (exact) mass is 200 g/mol. The normalized spacial score (nSPS) is 13.1. The summed E-state index contributed by atoms with van der Waals surface area (Å²) in [6.07, 6.45) is 2.10. The van der Waals surface area contributed by atoms with Crippen LogP contribution in [0, 0.1) is 0 Å². The average molecular weight is 200 g/mol. The molecule has 4 nitrogen and oxygen atoms in total. The van der Waals surface area contributed by atoms with Crippen molar-refractivity contribution in [2.45, 2.75) is 52.1 Å². The van der Waals surface area contributed by atoms with Gasteiger partial charge in [-0.15, -0.1) is 0 Å². The first-order chi connectivity index (χ1) is 6.40. The zero-order valence-electron chi connectivity index (χ0n) is 9.39. The maximum absolute atomic E-state index is 11.6. The highest BCUT2D eigenvalue weighted by atomic mass is 16.2. The molecule has 2 N–H and O–H groups in total. The Bertz CT molecular complexity index is 197. The summed E-state index contributed by atoms with van der Waals surface area (Å²) in [6.45, 7) is 7.71. The molecule has 2 amide bonds. The molecule has 0 heterocycles. The summed E-state index contributed by atoms with van der Waals surface area (Å²) in [5, 5.41) is 5.34. The summed E-state index contributed by atoms with van der Waals surface area (Å²) in [7, 11) is 0. The second-order valence-electron chi connectivity index (χ2n) is 4.37. The Kier molecular flexibility index (Phi) is 5.20. The molecule has 0 aromatic carbocycles. The lowest BCUT2D eigenvalue weighted by Crippen LogP contribution is -2.50. The Labute approximate surface area is 85.4 Å². The zero-order valence-corrected chi connectivity index (χ0v) is 9.39. The van der Waals surface area contributed by atoms with Crippen molar-refractivity contribution < 1.29 is 9.59 Å². The Morgan fingerprint density at radius 1 is 1.43 bits per heavy atom. The van der Waals surface area contributed by atoms with Gasteiger partial charge in [0.25, 0.3) is 0 Å². The zero-order chi connectivity index (χ0) is 11.2. The number of hydrogen-bond donors (Lipinski definition) is 2. The predicted molar refractivity (Wildman–Crippen MR) is 55.8 cm³/mol. The molecule has 0 aliphatic rings. The van der Waals surface area contributed by atoms with E-state index in [4.69, 9.17) is 0 Å². The van der Waals surface area contributed by atoms with Crippen molar-refractivity contribution in [1.29, 1.82) is 0 Å². The Hall–Kier alpha value is -1.06. The van der Waals surface area contributed by atoms with Crippen LogP contribution in [0.1, 0.15) is 40.5 Å². The summed E-state index contributed by atoms with van der Waals surface area (Å²) >= 11 is 0. The molecule has 0 rings (SSSR count).